The van der Waals surface area contributed by atoms with Crippen molar-refractivity contribution in [1.29, 1.82) is 0 Å². The molecule has 0 aliphatic heterocycles. The van der Waals surface area contributed by atoms with Crippen molar-refractivity contribution in [1.82, 2.24) is 4.90 Å². The van der Waals surface area contributed by atoms with Crippen LogP contribution in [0.2, 0.25) is 0 Å². The summed E-state index contributed by atoms with van der Waals surface area (Å²) in [4.78, 5) is 2.41. The molecule has 0 spiro atoms. The van der Waals surface area contributed by atoms with Crippen LogP contribution in [0, 0.1) is 6.92 Å². The van der Waals surface area contributed by atoms with Gasteiger partial charge in [-0.05, 0) is 46.7 Å². The number of nitrogens with two attached hydrogens (primary N) is 1. The predicted octanol–water partition coefficient (Wildman–Crippen LogP) is 3.50. The minimum absolute atomic E-state index is 0.114. The highest BCUT2D eigenvalue weighted by Gasteiger charge is 2.31. The molecule has 0 bridgehead atoms. The maximum absolute atomic E-state index is 6.23. The molecule has 2 unspecified atom stereocenters. The first-order valence-electron chi connectivity index (χ1n) is 6.84. The van der Waals surface area contributed by atoms with E-state index in [9.17, 15) is 0 Å². The third kappa shape index (κ3) is 3.33. The van der Waals surface area contributed by atoms with Gasteiger partial charge in [-0.15, -0.1) is 0 Å². The van der Waals surface area contributed by atoms with Gasteiger partial charge in [-0.1, -0.05) is 36.8 Å². The fourth-order valence-corrected chi connectivity index (χ4v) is 2.36. The molecule has 0 heterocycles. The summed E-state index contributed by atoms with van der Waals surface area (Å²) in [7, 11) is 2.18. The maximum Gasteiger partial charge on any atom is 0.0498 e. The number of nitrogens with zero attached hydrogens (tertiary/aromatic N) is 1. The Labute approximate surface area is 112 Å². The molecule has 102 valence electrons. The van der Waals surface area contributed by atoms with Crippen molar-refractivity contribution in [2.45, 2.75) is 58.7 Å². The number of benzene rings is 1. The van der Waals surface area contributed by atoms with Gasteiger partial charge in [-0.2, -0.15) is 0 Å². The summed E-state index contributed by atoms with van der Waals surface area (Å²) in [5, 5.41) is 0. The predicted molar refractivity (Wildman–Crippen MR) is 79.7 cm³/mol. The first-order chi connectivity index (χ1) is 8.29. The Morgan fingerprint density at radius 1 is 1.33 bits per heavy atom. The van der Waals surface area contributed by atoms with E-state index in [1.807, 2.05) is 0 Å². The molecular formula is C16H28N2. The van der Waals surface area contributed by atoms with Gasteiger partial charge in [0.1, 0.15) is 0 Å². The summed E-state index contributed by atoms with van der Waals surface area (Å²) >= 11 is 0. The smallest absolute Gasteiger partial charge is 0.0498 e. The summed E-state index contributed by atoms with van der Waals surface area (Å²) in [5.74, 6) is 0. The van der Waals surface area contributed by atoms with Crippen LogP contribution in [0.5, 0.6) is 0 Å². The van der Waals surface area contributed by atoms with E-state index in [4.69, 9.17) is 5.73 Å². The Kier molecular flexibility index (Phi) is 4.94. The van der Waals surface area contributed by atoms with Gasteiger partial charge in [-0.3, -0.25) is 4.90 Å². The molecule has 1 aromatic rings. The molecular weight excluding hydrogens is 220 g/mol. The zero-order chi connectivity index (χ0) is 13.9. The Morgan fingerprint density at radius 2 is 1.94 bits per heavy atom. The van der Waals surface area contributed by atoms with Crippen LogP contribution in [0.3, 0.4) is 0 Å². The SMILES string of the molecule is CCC(C)(C)N(C)C(c1cccc(C)c1)C(C)N. The monoisotopic (exact) mass is 248 g/mol. The molecule has 0 amide bonds. The van der Waals surface area contributed by atoms with E-state index < -0.39 is 0 Å². The maximum atomic E-state index is 6.23. The molecule has 2 heteroatoms. The zero-order valence-electron chi connectivity index (χ0n) is 12.7. The molecule has 0 saturated heterocycles. The summed E-state index contributed by atoms with van der Waals surface area (Å²) < 4.78 is 0. The van der Waals surface area contributed by atoms with Crippen molar-refractivity contribution >= 4 is 0 Å². The van der Waals surface area contributed by atoms with Crippen molar-refractivity contribution in [3.8, 4) is 0 Å². The van der Waals surface area contributed by atoms with Crippen molar-refractivity contribution < 1.29 is 0 Å². The highest BCUT2D eigenvalue weighted by molar-refractivity contribution is 5.26. The van der Waals surface area contributed by atoms with Gasteiger partial charge in [0.25, 0.3) is 0 Å². The molecule has 0 aromatic heterocycles. The van der Waals surface area contributed by atoms with Crippen LogP contribution in [0.25, 0.3) is 0 Å². The first kappa shape index (κ1) is 15.2. The normalized spacial score (nSPS) is 15.8. The van der Waals surface area contributed by atoms with E-state index in [2.05, 4.69) is 70.8 Å². The number of aryl methyl sites for hydroxylation is 1. The summed E-state index contributed by atoms with van der Waals surface area (Å²) in [6.07, 6.45) is 1.11. The fourth-order valence-electron chi connectivity index (χ4n) is 2.36. The average molecular weight is 248 g/mol. The minimum Gasteiger partial charge on any atom is -0.326 e. The lowest BCUT2D eigenvalue weighted by Gasteiger charge is -2.42. The van der Waals surface area contributed by atoms with E-state index in [1.165, 1.54) is 11.1 Å². The molecule has 18 heavy (non-hydrogen) atoms. The summed E-state index contributed by atoms with van der Waals surface area (Å²) in [6, 6.07) is 9.06. The Bertz CT molecular complexity index is 382. The van der Waals surface area contributed by atoms with E-state index in [1.54, 1.807) is 0 Å². The largest absolute Gasteiger partial charge is 0.326 e. The average Bonchev–Trinajstić information content (AvgIpc) is 2.28. The van der Waals surface area contributed by atoms with Crippen LogP contribution < -0.4 is 5.73 Å². The van der Waals surface area contributed by atoms with Crippen LogP contribution in [-0.2, 0) is 0 Å². The number of rotatable bonds is 5. The van der Waals surface area contributed by atoms with Crippen molar-refractivity contribution in [2.24, 2.45) is 5.73 Å². The molecule has 2 atom stereocenters. The highest BCUT2D eigenvalue weighted by Crippen LogP contribution is 2.30. The lowest BCUT2D eigenvalue weighted by atomic mass is 9.91. The van der Waals surface area contributed by atoms with E-state index in [0.29, 0.717) is 0 Å². The number of likely N-dealkylation sites (N-methyl/N-ethyl adjacent to an activating group) is 1. The number of hydrogen-bond donors (Lipinski definition) is 1. The fraction of sp³-hybridized carbons (Fsp3) is 0.625. The zero-order valence-corrected chi connectivity index (χ0v) is 12.7. The van der Waals surface area contributed by atoms with Gasteiger partial charge in [0, 0.05) is 17.6 Å². The molecule has 0 fully saturated rings. The topological polar surface area (TPSA) is 29.3 Å². The Hall–Kier alpha value is -0.860. The summed E-state index contributed by atoms with van der Waals surface area (Å²) in [6.45, 7) is 11.0. The lowest BCUT2D eigenvalue weighted by molar-refractivity contribution is 0.0847. The van der Waals surface area contributed by atoms with Gasteiger partial charge in [0.2, 0.25) is 0 Å². The third-order valence-electron chi connectivity index (χ3n) is 4.12. The van der Waals surface area contributed by atoms with Crippen LogP contribution in [0.15, 0.2) is 24.3 Å². The van der Waals surface area contributed by atoms with Crippen LogP contribution in [0.1, 0.15) is 51.3 Å². The van der Waals surface area contributed by atoms with Gasteiger partial charge in [-0.25, -0.2) is 0 Å². The van der Waals surface area contributed by atoms with Gasteiger partial charge < -0.3 is 5.73 Å². The molecule has 0 saturated carbocycles. The number of hydrogen-bond acceptors (Lipinski definition) is 2. The quantitative estimate of drug-likeness (QED) is 0.864. The second kappa shape index (κ2) is 5.85. The first-order valence-corrected chi connectivity index (χ1v) is 6.84. The van der Waals surface area contributed by atoms with Crippen LogP contribution >= 0.6 is 0 Å². The molecule has 2 nitrogen and oxygen atoms in total. The second-order valence-electron chi connectivity index (χ2n) is 5.99. The second-order valence-corrected chi connectivity index (χ2v) is 5.99. The van der Waals surface area contributed by atoms with Crippen molar-refractivity contribution in [3.05, 3.63) is 35.4 Å². The summed E-state index contributed by atoms with van der Waals surface area (Å²) in [5.41, 5.74) is 8.99. The standard InChI is InChI=1S/C16H28N2/c1-7-16(4,5)18(6)15(13(3)17)14-10-8-9-12(2)11-14/h8-11,13,15H,7,17H2,1-6H3. The van der Waals surface area contributed by atoms with E-state index >= 15 is 0 Å². The van der Waals surface area contributed by atoms with Gasteiger partial charge in [0.15, 0.2) is 0 Å². The Morgan fingerprint density at radius 3 is 2.39 bits per heavy atom. The highest BCUT2D eigenvalue weighted by atomic mass is 15.2. The van der Waals surface area contributed by atoms with E-state index in [-0.39, 0.29) is 17.6 Å². The van der Waals surface area contributed by atoms with E-state index in [0.717, 1.165) is 6.42 Å². The molecule has 0 aliphatic carbocycles. The Balaban J connectivity index is 3.11. The molecule has 1 aromatic carbocycles. The molecule has 0 radical (unpaired) electrons. The molecule has 0 aliphatic rings. The van der Waals surface area contributed by atoms with Gasteiger partial charge in [0.05, 0.1) is 0 Å². The van der Waals surface area contributed by atoms with Crippen molar-refractivity contribution in [3.63, 3.8) is 0 Å². The molecule has 2 N–H and O–H groups in total. The molecule has 1 rings (SSSR count). The minimum atomic E-state index is 0.114. The third-order valence-corrected chi connectivity index (χ3v) is 4.12. The van der Waals surface area contributed by atoms with Crippen LogP contribution in [-0.4, -0.2) is 23.5 Å². The van der Waals surface area contributed by atoms with Crippen LogP contribution in [0.4, 0.5) is 0 Å². The van der Waals surface area contributed by atoms with Gasteiger partial charge >= 0.3 is 0 Å². The van der Waals surface area contributed by atoms with Crippen molar-refractivity contribution in [2.75, 3.05) is 7.05 Å². The lowest BCUT2D eigenvalue weighted by Crippen LogP contribution is -2.48.